The summed E-state index contributed by atoms with van der Waals surface area (Å²) >= 11 is 0. The van der Waals surface area contributed by atoms with Crippen LogP contribution in [0.15, 0.2) is 0 Å². The highest BCUT2D eigenvalue weighted by molar-refractivity contribution is 5.78. The lowest BCUT2D eigenvalue weighted by atomic mass is 10.3. The third-order valence-electron chi connectivity index (χ3n) is 1.96. The quantitative estimate of drug-likeness (QED) is 0.513. The van der Waals surface area contributed by atoms with Crippen molar-refractivity contribution < 1.29 is 14.6 Å². The van der Waals surface area contributed by atoms with Crippen molar-refractivity contribution in [2.45, 2.75) is 32.4 Å². The molecule has 0 fully saturated rings. The molecule has 0 spiro atoms. The number of aliphatic hydroxyl groups is 1. The standard InChI is InChI=1S/C10H22N2O3/c1-4-9(13)5-11-6-10(14)12-8(2)7-15-3/h8-9,11,13H,4-7H2,1-3H3,(H,12,14). The number of ether oxygens (including phenoxy) is 1. The molecule has 0 aliphatic carbocycles. The Morgan fingerprint density at radius 2 is 2.20 bits per heavy atom. The van der Waals surface area contributed by atoms with Crippen molar-refractivity contribution in [1.29, 1.82) is 0 Å². The number of hydrogen-bond donors (Lipinski definition) is 3. The Labute approximate surface area is 91.2 Å². The molecule has 5 heteroatoms. The highest BCUT2D eigenvalue weighted by Gasteiger charge is 2.07. The van der Waals surface area contributed by atoms with Crippen LogP contribution in [-0.2, 0) is 9.53 Å². The predicted octanol–water partition coefficient (Wildman–Crippen LogP) is -0.502. The van der Waals surface area contributed by atoms with Gasteiger partial charge in [-0.05, 0) is 13.3 Å². The average molecular weight is 218 g/mol. The topological polar surface area (TPSA) is 70.6 Å². The number of methoxy groups -OCH3 is 1. The molecule has 90 valence electrons. The van der Waals surface area contributed by atoms with E-state index in [1.807, 2.05) is 13.8 Å². The Hall–Kier alpha value is -0.650. The van der Waals surface area contributed by atoms with Crippen LogP contribution in [0.5, 0.6) is 0 Å². The molecule has 0 saturated heterocycles. The minimum Gasteiger partial charge on any atom is -0.392 e. The van der Waals surface area contributed by atoms with Crippen molar-refractivity contribution in [2.24, 2.45) is 0 Å². The molecule has 0 aromatic heterocycles. The normalized spacial score (nSPS) is 14.7. The van der Waals surface area contributed by atoms with E-state index in [1.54, 1.807) is 7.11 Å². The maximum Gasteiger partial charge on any atom is 0.234 e. The molecule has 0 aliphatic heterocycles. The van der Waals surface area contributed by atoms with Crippen molar-refractivity contribution in [1.82, 2.24) is 10.6 Å². The maximum atomic E-state index is 11.3. The Morgan fingerprint density at radius 3 is 2.73 bits per heavy atom. The second-order valence-corrected chi connectivity index (χ2v) is 3.62. The molecule has 2 unspecified atom stereocenters. The van der Waals surface area contributed by atoms with Crippen LogP contribution < -0.4 is 10.6 Å². The predicted molar refractivity (Wildman–Crippen MR) is 58.6 cm³/mol. The number of amides is 1. The van der Waals surface area contributed by atoms with Gasteiger partial charge in [-0.1, -0.05) is 6.92 Å². The average Bonchev–Trinajstić information content (AvgIpc) is 2.17. The van der Waals surface area contributed by atoms with E-state index in [-0.39, 0.29) is 24.6 Å². The van der Waals surface area contributed by atoms with Gasteiger partial charge in [0, 0.05) is 19.7 Å². The number of hydrogen-bond acceptors (Lipinski definition) is 4. The number of rotatable bonds is 8. The highest BCUT2D eigenvalue weighted by atomic mass is 16.5. The van der Waals surface area contributed by atoms with Gasteiger partial charge >= 0.3 is 0 Å². The van der Waals surface area contributed by atoms with E-state index in [0.29, 0.717) is 19.6 Å². The molecule has 0 saturated carbocycles. The molecule has 0 aromatic carbocycles. The minimum atomic E-state index is -0.380. The maximum absolute atomic E-state index is 11.3. The van der Waals surface area contributed by atoms with Crippen LogP contribution in [0.25, 0.3) is 0 Å². The van der Waals surface area contributed by atoms with Crippen molar-refractivity contribution >= 4 is 5.91 Å². The summed E-state index contributed by atoms with van der Waals surface area (Å²) in [4.78, 5) is 11.3. The summed E-state index contributed by atoms with van der Waals surface area (Å²) in [5, 5.41) is 14.9. The summed E-state index contributed by atoms with van der Waals surface area (Å²) in [5.74, 6) is -0.0807. The van der Waals surface area contributed by atoms with Crippen molar-refractivity contribution in [3.8, 4) is 0 Å². The lowest BCUT2D eigenvalue weighted by Gasteiger charge is -2.13. The number of carbonyl (C=O) groups is 1. The van der Waals surface area contributed by atoms with Gasteiger partial charge in [0.25, 0.3) is 0 Å². The zero-order valence-electron chi connectivity index (χ0n) is 9.75. The van der Waals surface area contributed by atoms with Crippen molar-refractivity contribution in [3.63, 3.8) is 0 Å². The van der Waals surface area contributed by atoms with Crippen LogP contribution in [0, 0.1) is 0 Å². The molecule has 1 amide bonds. The summed E-state index contributed by atoms with van der Waals surface area (Å²) in [7, 11) is 1.60. The van der Waals surface area contributed by atoms with Crippen LogP contribution in [0.2, 0.25) is 0 Å². The SMILES string of the molecule is CCC(O)CNCC(=O)NC(C)COC. The van der Waals surface area contributed by atoms with Crippen LogP contribution in [0.4, 0.5) is 0 Å². The van der Waals surface area contributed by atoms with Gasteiger partial charge in [-0.3, -0.25) is 4.79 Å². The van der Waals surface area contributed by atoms with E-state index in [1.165, 1.54) is 0 Å². The van der Waals surface area contributed by atoms with Gasteiger partial charge in [-0.2, -0.15) is 0 Å². The molecule has 5 nitrogen and oxygen atoms in total. The zero-order chi connectivity index (χ0) is 11.7. The molecule has 2 atom stereocenters. The fourth-order valence-electron chi connectivity index (χ4n) is 1.11. The second-order valence-electron chi connectivity index (χ2n) is 3.62. The molecule has 15 heavy (non-hydrogen) atoms. The number of carbonyl (C=O) groups excluding carboxylic acids is 1. The lowest BCUT2D eigenvalue weighted by Crippen LogP contribution is -2.42. The van der Waals surface area contributed by atoms with E-state index < -0.39 is 0 Å². The first-order valence-electron chi connectivity index (χ1n) is 5.27. The van der Waals surface area contributed by atoms with Gasteiger partial charge in [-0.15, -0.1) is 0 Å². The molecular weight excluding hydrogens is 196 g/mol. The largest absolute Gasteiger partial charge is 0.392 e. The number of aliphatic hydroxyl groups excluding tert-OH is 1. The van der Waals surface area contributed by atoms with E-state index in [2.05, 4.69) is 10.6 Å². The summed E-state index contributed by atoms with van der Waals surface area (Å²) < 4.78 is 4.89. The third-order valence-corrected chi connectivity index (χ3v) is 1.96. The monoisotopic (exact) mass is 218 g/mol. The van der Waals surface area contributed by atoms with E-state index >= 15 is 0 Å². The third kappa shape index (κ3) is 8.35. The van der Waals surface area contributed by atoms with E-state index in [0.717, 1.165) is 0 Å². The first-order chi connectivity index (χ1) is 7.10. The van der Waals surface area contributed by atoms with Gasteiger partial charge in [0.15, 0.2) is 0 Å². The lowest BCUT2D eigenvalue weighted by molar-refractivity contribution is -0.121. The Morgan fingerprint density at radius 1 is 1.53 bits per heavy atom. The van der Waals surface area contributed by atoms with Gasteiger partial charge < -0.3 is 20.5 Å². The first kappa shape index (κ1) is 14.3. The fourth-order valence-corrected chi connectivity index (χ4v) is 1.11. The van der Waals surface area contributed by atoms with Crippen LogP contribution in [0.1, 0.15) is 20.3 Å². The molecule has 0 bridgehead atoms. The van der Waals surface area contributed by atoms with Crippen LogP contribution >= 0.6 is 0 Å². The van der Waals surface area contributed by atoms with Gasteiger partial charge in [0.1, 0.15) is 0 Å². The second kappa shape index (κ2) is 8.64. The zero-order valence-corrected chi connectivity index (χ0v) is 9.75. The van der Waals surface area contributed by atoms with E-state index in [4.69, 9.17) is 4.74 Å². The van der Waals surface area contributed by atoms with Crippen molar-refractivity contribution in [3.05, 3.63) is 0 Å². The molecule has 0 aliphatic rings. The molecule has 0 radical (unpaired) electrons. The van der Waals surface area contributed by atoms with Gasteiger partial charge in [0.05, 0.1) is 19.3 Å². The summed E-state index contributed by atoms with van der Waals surface area (Å²) in [5.41, 5.74) is 0. The van der Waals surface area contributed by atoms with Crippen LogP contribution in [0.3, 0.4) is 0 Å². The number of nitrogens with one attached hydrogen (secondary N) is 2. The smallest absolute Gasteiger partial charge is 0.234 e. The summed E-state index contributed by atoms with van der Waals surface area (Å²) in [6.45, 7) is 4.95. The molecule has 3 N–H and O–H groups in total. The minimum absolute atomic E-state index is 0.0143. The summed E-state index contributed by atoms with van der Waals surface area (Å²) in [6.07, 6.45) is 0.309. The molecular formula is C10H22N2O3. The molecule has 0 rings (SSSR count). The highest BCUT2D eigenvalue weighted by Crippen LogP contribution is 1.86. The Balaban J connectivity index is 3.48. The van der Waals surface area contributed by atoms with Crippen molar-refractivity contribution in [2.75, 3.05) is 26.8 Å². The molecule has 0 aromatic rings. The Kier molecular flexibility index (Phi) is 8.27. The fraction of sp³-hybridized carbons (Fsp3) is 0.900. The van der Waals surface area contributed by atoms with Gasteiger partial charge in [-0.25, -0.2) is 0 Å². The van der Waals surface area contributed by atoms with E-state index in [9.17, 15) is 9.90 Å². The first-order valence-corrected chi connectivity index (χ1v) is 5.27. The van der Waals surface area contributed by atoms with Crippen LogP contribution in [-0.4, -0.2) is 50.0 Å². The molecule has 0 heterocycles. The summed E-state index contributed by atoms with van der Waals surface area (Å²) in [6, 6.07) is 0.0143. The van der Waals surface area contributed by atoms with Gasteiger partial charge in [0.2, 0.25) is 5.91 Å². The Bertz CT molecular complexity index is 176.